The largest absolute Gasteiger partial charge is 0.508 e. The molecule has 1 unspecified atom stereocenters. The molecule has 1 rings (SSSR count). The number of para-hydroxylation sites is 1. The monoisotopic (exact) mass is 168 g/mol. The first-order valence-corrected chi connectivity index (χ1v) is 3.39. The van der Waals surface area contributed by atoms with Crippen LogP contribution in [-0.4, -0.2) is 10.9 Å². The van der Waals surface area contributed by atoms with Gasteiger partial charge < -0.3 is 10.8 Å². The first-order valence-electron chi connectivity index (χ1n) is 3.39. The number of nitrogens with one attached hydrogen (secondary N) is 1. The van der Waals surface area contributed by atoms with Gasteiger partial charge in [0.25, 0.3) is 0 Å². The van der Waals surface area contributed by atoms with E-state index in [-0.39, 0.29) is 11.3 Å². The smallest absolute Gasteiger partial charge is 0.185 e. The molecule has 0 spiro atoms. The molecule has 1 atom stereocenters. The van der Waals surface area contributed by atoms with E-state index in [9.17, 15) is 4.39 Å². The number of alkyl halides is 1. The van der Waals surface area contributed by atoms with E-state index in [0.717, 1.165) is 0 Å². The van der Waals surface area contributed by atoms with Crippen LogP contribution in [0.4, 0.5) is 4.39 Å². The third-order valence-corrected chi connectivity index (χ3v) is 1.48. The second-order valence-corrected chi connectivity index (χ2v) is 2.38. The lowest BCUT2D eigenvalue weighted by atomic mass is 10.1. The molecule has 0 saturated carbocycles. The Morgan fingerprint density at radius 3 is 2.58 bits per heavy atom. The maximum Gasteiger partial charge on any atom is 0.185 e. The van der Waals surface area contributed by atoms with Gasteiger partial charge in [0.05, 0.1) is 0 Å². The number of hydrogen-bond donors (Lipinski definition) is 3. The van der Waals surface area contributed by atoms with Crippen LogP contribution in [0.5, 0.6) is 5.75 Å². The first-order chi connectivity index (χ1) is 5.63. The zero-order valence-electron chi connectivity index (χ0n) is 6.29. The zero-order valence-corrected chi connectivity index (χ0v) is 6.29. The minimum atomic E-state index is -1.72. The minimum Gasteiger partial charge on any atom is -0.508 e. The van der Waals surface area contributed by atoms with Gasteiger partial charge in [-0.3, -0.25) is 5.41 Å². The van der Waals surface area contributed by atoms with Gasteiger partial charge in [-0.1, -0.05) is 18.2 Å². The SMILES string of the molecule is N=C(N)C(F)c1ccccc1O. The molecule has 12 heavy (non-hydrogen) atoms. The summed E-state index contributed by atoms with van der Waals surface area (Å²) in [6, 6.07) is 5.89. The second kappa shape index (κ2) is 3.21. The van der Waals surface area contributed by atoms with Gasteiger partial charge in [-0.15, -0.1) is 0 Å². The number of nitrogens with two attached hydrogens (primary N) is 1. The first kappa shape index (κ1) is 8.52. The summed E-state index contributed by atoms with van der Waals surface area (Å²) in [6.07, 6.45) is -1.72. The normalized spacial score (nSPS) is 12.4. The predicted molar refractivity (Wildman–Crippen MR) is 43.9 cm³/mol. The molecule has 0 radical (unpaired) electrons. The lowest BCUT2D eigenvalue weighted by molar-refractivity contribution is 0.404. The van der Waals surface area contributed by atoms with Crippen LogP contribution in [0.3, 0.4) is 0 Å². The topological polar surface area (TPSA) is 70.1 Å². The average Bonchev–Trinajstić information content (AvgIpc) is 2.04. The van der Waals surface area contributed by atoms with Crippen LogP contribution < -0.4 is 5.73 Å². The summed E-state index contributed by atoms with van der Waals surface area (Å²) >= 11 is 0. The molecule has 0 amide bonds. The second-order valence-electron chi connectivity index (χ2n) is 2.38. The summed E-state index contributed by atoms with van der Waals surface area (Å²) < 4.78 is 13.0. The van der Waals surface area contributed by atoms with Crippen LogP contribution in [0.1, 0.15) is 11.7 Å². The van der Waals surface area contributed by atoms with Crippen LogP contribution in [0.25, 0.3) is 0 Å². The maximum atomic E-state index is 13.0. The number of hydrogen-bond acceptors (Lipinski definition) is 2. The Morgan fingerprint density at radius 1 is 1.50 bits per heavy atom. The zero-order chi connectivity index (χ0) is 9.14. The van der Waals surface area contributed by atoms with E-state index in [1.54, 1.807) is 12.1 Å². The average molecular weight is 168 g/mol. The van der Waals surface area contributed by atoms with Crippen molar-refractivity contribution < 1.29 is 9.50 Å². The van der Waals surface area contributed by atoms with Gasteiger partial charge >= 0.3 is 0 Å². The Balaban J connectivity index is 3.02. The van der Waals surface area contributed by atoms with Crippen molar-refractivity contribution in [1.82, 2.24) is 0 Å². The Morgan fingerprint density at radius 2 is 2.08 bits per heavy atom. The van der Waals surface area contributed by atoms with Crippen LogP contribution in [0.15, 0.2) is 24.3 Å². The molecule has 4 heteroatoms. The van der Waals surface area contributed by atoms with E-state index in [1.165, 1.54) is 12.1 Å². The summed E-state index contributed by atoms with van der Waals surface area (Å²) in [4.78, 5) is 0. The third-order valence-electron chi connectivity index (χ3n) is 1.48. The number of halogens is 1. The van der Waals surface area contributed by atoms with Crippen LogP contribution in [0, 0.1) is 5.41 Å². The molecule has 0 fully saturated rings. The molecule has 0 bridgehead atoms. The molecule has 0 aliphatic rings. The van der Waals surface area contributed by atoms with Crippen molar-refractivity contribution in [3.8, 4) is 5.75 Å². The summed E-state index contributed by atoms with van der Waals surface area (Å²) in [5.74, 6) is -0.781. The van der Waals surface area contributed by atoms with E-state index >= 15 is 0 Å². The number of benzene rings is 1. The molecule has 64 valence electrons. The van der Waals surface area contributed by atoms with Crippen molar-refractivity contribution >= 4 is 5.84 Å². The number of phenolic OH excluding ortho intramolecular Hbond substituents is 1. The Labute approximate surface area is 69.1 Å². The summed E-state index contributed by atoms with van der Waals surface area (Å²) in [5.41, 5.74) is 4.97. The fourth-order valence-corrected chi connectivity index (χ4v) is 0.869. The number of aromatic hydroxyl groups is 1. The Bertz CT molecular complexity index is 301. The van der Waals surface area contributed by atoms with Crippen molar-refractivity contribution in [3.63, 3.8) is 0 Å². The van der Waals surface area contributed by atoms with E-state index in [1.807, 2.05) is 0 Å². The quantitative estimate of drug-likeness (QED) is 0.460. The van der Waals surface area contributed by atoms with E-state index in [4.69, 9.17) is 16.2 Å². The lowest BCUT2D eigenvalue weighted by Crippen LogP contribution is -2.16. The van der Waals surface area contributed by atoms with Crippen molar-refractivity contribution in [2.45, 2.75) is 6.17 Å². The highest BCUT2D eigenvalue weighted by molar-refractivity contribution is 5.83. The molecule has 0 heterocycles. The molecule has 0 aromatic heterocycles. The van der Waals surface area contributed by atoms with E-state index in [0.29, 0.717) is 0 Å². The highest BCUT2D eigenvalue weighted by atomic mass is 19.1. The molecule has 1 aromatic carbocycles. The molecular formula is C8H9FN2O. The molecule has 0 saturated heterocycles. The van der Waals surface area contributed by atoms with E-state index < -0.39 is 12.0 Å². The van der Waals surface area contributed by atoms with Gasteiger partial charge in [-0.25, -0.2) is 4.39 Å². The van der Waals surface area contributed by atoms with Gasteiger partial charge in [0.1, 0.15) is 11.6 Å². The number of rotatable bonds is 2. The Hall–Kier alpha value is -1.58. The summed E-state index contributed by atoms with van der Waals surface area (Å²) in [6.45, 7) is 0. The highest BCUT2D eigenvalue weighted by Crippen LogP contribution is 2.25. The fourth-order valence-electron chi connectivity index (χ4n) is 0.869. The molecular weight excluding hydrogens is 159 g/mol. The number of phenols is 1. The lowest BCUT2D eigenvalue weighted by Gasteiger charge is -2.07. The summed E-state index contributed by atoms with van der Waals surface area (Å²) in [5, 5.41) is 16.0. The molecule has 3 nitrogen and oxygen atoms in total. The minimum absolute atomic E-state index is 0.0324. The molecule has 0 aliphatic heterocycles. The van der Waals surface area contributed by atoms with Gasteiger partial charge in [-0.2, -0.15) is 0 Å². The van der Waals surface area contributed by atoms with E-state index in [2.05, 4.69) is 0 Å². The van der Waals surface area contributed by atoms with Gasteiger partial charge in [0.15, 0.2) is 6.17 Å². The van der Waals surface area contributed by atoms with Crippen LogP contribution >= 0.6 is 0 Å². The number of amidine groups is 1. The molecule has 1 aromatic rings. The van der Waals surface area contributed by atoms with Crippen LogP contribution in [0.2, 0.25) is 0 Å². The van der Waals surface area contributed by atoms with Crippen molar-refractivity contribution in [2.24, 2.45) is 5.73 Å². The molecule has 4 N–H and O–H groups in total. The van der Waals surface area contributed by atoms with Crippen molar-refractivity contribution in [3.05, 3.63) is 29.8 Å². The fraction of sp³-hybridized carbons (Fsp3) is 0.125. The third kappa shape index (κ3) is 1.53. The van der Waals surface area contributed by atoms with Crippen molar-refractivity contribution in [1.29, 1.82) is 5.41 Å². The molecule has 0 aliphatic carbocycles. The summed E-state index contributed by atoms with van der Waals surface area (Å²) in [7, 11) is 0. The predicted octanol–water partition coefficient (Wildman–Crippen LogP) is 1.34. The highest BCUT2D eigenvalue weighted by Gasteiger charge is 2.15. The standard InChI is InChI=1S/C8H9FN2O/c9-7(8(10)11)5-3-1-2-4-6(5)12/h1-4,7,12H,(H3,10,11). The van der Waals surface area contributed by atoms with Crippen LogP contribution in [-0.2, 0) is 0 Å². The van der Waals surface area contributed by atoms with Gasteiger partial charge in [-0.05, 0) is 6.07 Å². The maximum absolute atomic E-state index is 13.0. The van der Waals surface area contributed by atoms with Gasteiger partial charge in [0.2, 0.25) is 0 Å². The van der Waals surface area contributed by atoms with Crippen molar-refractivity contribution in [2.75, 3.05) is 0 Å². The van der Waals surface area contributed by atoms with Gasteiger partial charge in [0, 0.05) is 5.56 Å². The Kier molecular flexibility index (Phi) is 2.28.